The molecule has 0 aliphatic carbocycles. The molecule has 33 heavy (non-hydrogen) atoms. The van der Waals surface area contributed by atoms with Gasteiger partial charge in [-0.15, -0.1) is 11.3 Å². The number of hydrogen-bond donors (Lipinski definition) is 3. The Hall–Kier alpha value is -2.76. The highest BCUT2D eigenvalue weighted by Crippen LogP contribution is 2.42. The van der Waals surface area contributed by atoms with E-state index in [4.69, 9.17) is 4.74 Å². The van der Waals surface area contributed by atoms with Gasteiger partial charge in [0.1, 0.15) is 11.1 Å². The quantitative estimate of drug-likeness (QED) is 0.478. The molecule has 0 amide bonds. The van der Waals surface area contributed by atoms with Gasteiger partial charge < -0.3 is 20.5 Å². The number of anilines is 2. The molecule has 1 saturated heterocycles. The lowest BCUT2D eigenvalue weighted by Gasteiger charge is -2.23. The standard InChI is InChI=1S/C22H24F3N5O2S/c1-13-9-14(17-12-28-19(33-17)21(2,31)22(23,24)25)11-15(10-13)29-20-27-8-5-18(30-20)32-16-3-6-26-7-4-16/h5,8-12,16,26,31H,3-4,6-7H2,1-2H3,(H,27,29,30). The topological polar surface area (TPSA) is 92.2 Å². The maximum atomic E-state index is 13.2. The maximum Gasteiger partial charge on any atom is 0.423 e. The zero-order chi connectivity index (χ0) is 23.6. The van der Waals surface area contributed by atoms with Crippen LogP contribution in [0.1, 0.15) is 30.3 Å². The van der Waals surface area contributed by atoms with E-state index in [0.717, 1.165) is 42.8 Å². The first kappa shape index (κ1) is 23.4. The predicted molar refractivity (Wildman–Crippen MR) is 120 cm³/mol. The second-order valence-electron chi connectivity index (χ2n) is 8.10. The number of aliphatic hydroxyl groups is 1. The molecule has 1 atom stereocenters. The summed E-state index contributed by atoms with van der Waals surface area (Å²) in [5.74, 6) is 0.830. The number of ether oxygens (including phenoxy) is 1. The molecule has 1 unspecified atom stereocenters. The molecule has 0 radical (unpaired) electrons. The Bertz CT molecular complexity index is 1110. The third kappa shape index (κ3) is 5.43. The van der Waals surface area contributed by atoms with Crippen LogP contribution in [0.5, 0.6) is 5.88 Å². The van der Waals surface area contributed by atoms with Gasteiger partial charge in [0.05, 0.1) is 4.88 Å². The van der Waals surface area contributed by atoms with Crippen molar-refractivity contribution in [1.29, 1.82) is 0 Å². The normalized spacial score (nSPS) is 16.9. The summed E-state index contributed by atoms with van der Waals surface area (Å²) >= 11 is 0.800. The summed E-state index contributed by atoms with van der Waals surface area (Å²) in [7, 11) is 0. The van der Waals surface area contributed by atoms with Gasteiger partial charge in [-0.3, -0.25) is 0 Å². The van der Waals surface area contributed by atoms with Crippen molar-refractivity contribution in [3.8, 4) is 16.3 Å². The molecule has 3 N–H and O–H groups in total. The Kier molecular flexibility index (Phi) is 6.55. The SMILES string of the molecule is Cc1cc(Nc2nccc(OC3CCNCC3)n2)cc(-c2cnc(C(C)(O)C(F)(F)F)s2)c1. The molecule has 1 aliphatic rings. The van der Waals surface area contributed by atoms with Gasteiger partial charge in [-0.1, -0.05) is 6.07 Å². The molecule has 2 aromatic heterocycles. The van der Waals surface area contributed by atoms with Crippen LogP contribution < -0.4 is 15.4 Å². The predicted octanol–water partition coefficient (Wildman–Crippen LogP) is 4.55. The van der Waals surface area contributed by atoms with Crippen molar-refractivity contribution in [3.05, 3.63) is 47.2 Å². The van der Waals surface area contributed by atoms with E-state index in [-0.39, 0.29) is 6.10 Å². The molecular weight excluding hydrogens is 455 g/mol. The lowest BCUT2D eigenvalue weighted by molar-refractivity contribution is -0.258. The third-order valence-electron chi connectivity index (χ3n) is 5.30. The Labute approximate surface area is 193 Å². The van der Waals surface area contributed by atoms with Crippen LogP contribution in [-0.4, -0.2) is 45.4 Å². The number of rotatable bonds is 6. The Morgan fingerprint density at radius 1 is 1.18 bits per heavy atom. The summed E-state index contributed by atoms with van der Waals surface area (Å²) in [6.07, 6.45) is 0.0481. The number of halogens is 3. The Morgan fingerprint density at radius 3 is 2.67 bits per heavy atom. The van der Waals surface area contributed by atoms with Crippen LogP contribution in [0.15, 0.2) is 36.7 Å². The number of nitrogens with one attached hydrogen (secondary N) is 2. The number of piperidine rings is 1. The van der Waals surface area contributed by atoms with Crippen molar-refractivity contribution in [2.75, 3.05) is 18.4 Å². The maximum absolute atomic E-state index is 13.2. The Balaban J connectivity index is 1.53. The molecule has 3 heterocycles. The zero-order valence-electron chi connectivity index (χ0n) is 18.1. The minimum Gasteiger partial charge on any atom is -0.474 e. The van der Waals surface area contributed by atoms with Crippen LogP contribution in [0.4, 0.5) is 24.8 Å². The summed E-state index contributed by atoms with van der Waals surface area (Å²) in [5.41, 5.74) is -0.790. The largest absolute Gasteiger partial charge is 0.474 e. The van der Waals surface area contributed by atoms with Crippen molar-refractivity contribution in [2.45, 2.75) is 44.6 Å². The number of nitrogens with zero attached hydrogens (tertiary/aromatic N) is 3. The van der Waals surface area contributed by atoms with Crippen molar-refractivity contribution in [3.63, 3.8) is 0 Å². The highest BCUT2D eigenvalue weighted by molar-refractivity contribution is 7.15. The first-order valence-electron chi connectivity index (χ1n) is 10.5. The molecule has 0 saturated carbocycles. The summed E-state index contributed by atoms with van der Waals surface area (Å²) in [5, 5.41) is 15.9. The highest BCUT2D eigenvalue weighted by Gasteiger charge is 2.53. The molecule has 3 aromatic rings. The van der Waals surface area contributed by atoms with Gasteiger partial charge in [0, 0.05) is 24.1 Å². The molecule has 176 valence electrons. The van der Waals surface area contributed by atoms with Gasteiger partial charge in [-0.2, -0.15) is 18.2 Å². The summed E-state index contributed by atoms with van der Waals surface area (Å²) in [6.45, 7) is 4.39. The second-order valence-corrected chi connectivity index (χ2v) is 9.13. The van der Waals surface area contributed by atoms with Crippen molar-refractivity contribution < 1.29 is 23.0 Å². The van der Waals surface area contributed by atoms with E-state index in [1.807, 2.05) is 19.1 Å². The number of alkyl halides is 3. The fraction of sp³-hybridized carbons (Fsp3) is 0.409. The van der Waals surface area contributed by atoms with Crippen LogP contribution in [-0.2, 0) is 5.60 Å². The summed E-state index contributed by atoms with van der Waals surface area (Å²) < 4.78 is 45.4. The van der Waals surface area contributed by atoms with Gasteiger partial charge in [0.25, 0.3) is 0 Å². The highest BCUT2D eigenvalue weighted by atomic mass is 32.1. The van der Waals surface area contributed by atoms with Crippen molar-refractivity contribution in [2.24, 2.45) is 0 Å². The summed E-state index contributed by atoms with van der Waals surface area (Å²) in [4.78, 5) is 13.0. The molecule has 11 heteroatoms. The van der Waals surface area contributed by atoms with Crippen LogP contribution in [0, 0.1) is 6.92 Å². The number of hydrogen-bond acceptors (Lipinski definition) is 8. The number of aromatic nitrogens is 3. The summed E-state index contributed by atoms with van der Waals surface area (Å²) in [6, 6.07) is 7.19. The second kappa shape index (κ2) is 9.24. The number of benzene rings is 1. The van der Waals surface area contributed by atoms with Crippen molar-refractivity contribution >= 4 is 23.0 Å². The lowest BCUT2D eigenvalue weighted by Crippen LogP contribution is -2.39. The minimum atomic E-state index is -4.82. The molecule has 7 nitrogen and oxygen atoms in total. The van der Waals surface area contributed by atoms with E-state index < -0.39 is 16.8 Å². The zero-order valence-corrected chi connectivity index (χ0v) is 18.9. The minimum absolute atomic E-state index is 0.106. The van der Waals surface area contributed by atoms with E-state index in [9.17, 15) is 18.3 Å². The average Bonchev–Trinajstić information content (AvgIpc) is 3.25. The van der Waals surface area contributed by atoms with Gasteiger partial charge in [0.2, 0.25) is 17.4 Å². The fourth-order valence-electron chi connectivity index (χ4n) is 3.43. The molecule has 1 fully saturated rings. The molecule has 0 bridgehead atoms. The van der Waals surface area contributed by atoms with E-state index in [1.54, 1.807) is 18.3 Å². The van der Waals surface area contributed by atoms with Gasteiger partial charge in [-0.05, 0) is 63.0 Å². The molecular formula is C22H24F3N5O2S. The monoisotopic (exact) mass is 479 g/mol. The molecule has 0 spiro atoms. The lowest BCUT2D eigenvalue weighted by atomic mass is 10.1. The third-order valence-corrected chi connectivity index (χ3v) is 6.55. The van der Waals surface area contributed by atoms with Crippen LogP contribution in [0.3, 0.4) is 0 Å². The van der Waals surface area contributed by atoms with E-state index in [1.165, 1.54) is 6.20 Å². The first-order valence-corrected chi connectivity index (χ1v) is 11.3. The van der Waals surface area contributed by atoms with Crippen molar-refractivity contribution in [1.82, 2.24) is 20.3 Å². The first-order chi connectivity index (χ1) is 15.6. The van der Waals surface area contributed by atoms with E-state index >= 15 is 0 Å². The van der Waals surface area contributed by atoms with Crippen LogP contribution in [0.2, 0.25) is 0 Å². The molecule has 1 aliphatic heterocycles. The van der Waals surface area contributed by atoms with E-state index in [2.05, 4.69) is 25.6 Å². The van der Waals surface area contributed by atoms with Gasteiger partial charge in [0.15, 0.2) is 0 Å². The number of thiazole rings is 1. The van der Waals surface area contributed by atoms with Crippen LogP contribution >= 0.6 is 11.3 Å². The van der Waals surface area contributed by atoms with Gasteiger partial charge in [-0.25, -0.2) is 9.97 Å². The average molecular weight is 480 g/mol. The van der Waals surface area contributed by atoms with Crippen LogP contribution in [0.25, 0.3) is 10.4 Å². The number of aryl methyl sites for hydroxylation is 1. The fourth-order valence-corrected chi connectivity index (χ4v) is 4.40. The Morgan fingerprint density at radius 2 is 1.94 bits per heavy atom. The molecule has 4 rings (SSSR count). The smallest absolute Gasteiger partial charge is 0.423 e. The van der Waals surface area contributed by atoms with Gasteiger partial charge >= 0.3 is 6.18 Å². The van der Waals surface area contributed by atoms with E-state index in [0.29, 0.717) is 34.9 Å². The molecule has 1 aromatic carbocycles.